The zero-order valence-corrected chi connectivity index (χ0v) is 15.5. The molecule has 2 heterocycles. The Morgan fingerprint density at radius 1 is 0.964 bits per heavy atom. The topological polar surface area (TPSA) is 59.8 Å². The van der Waals surface area contributed by atoms with Crippen LogP contribution < -0.4 is 5.32 Å². The fourth-order valence-electron chi connectivity index (χ4n) is 3.19. The number of aromatic nitrogens is 3. The van der Waals surface area contributed by atoms with E-state index in [2.05, 4.69) is 15.4 Å². The lowest BCUT2D eigenvalue weighted by molar-refractivity contribution is 0.0951. The molecule has 5 heteroatoms. The van der Waals surface area contributed by atoms with Gasteiger partial charge in [-0.25, -0.2) is 4.68 Å². The monoisotopic (exact) mass is 368 g/mol. The predicted molar refractivity (Wildman–Crippen MR) is 109 cm³/mol. The van der Waals surface area contributed by atoms with Gasteiger partial charge in [0.1, 0.15) is 0 Å². The van der Waals surface area contributed by atoms with Gasteiger partial charge in [0, 0.05) is 24.5 Å². The third-order valence-electron chi connectivity index (χ3n) is 4.51. The number of aryl methyl sites for hydroxylation is 1. The van der Waals surface area contributed by atoms with Gasteiger partial charge in [-0.1, -0.05) is 54.6 Å². The Bertz CT molecular complexity index is 1070. The number of nitrogens with zero attached hydrogens (tertiary/aromatic N) is 3. The van der Waals surface area contributed by atoms with E-state index in [9.17, 15) is 4.79 Å². The zero-order chi connectivity index (χ0) is 19.3. The summed E-state index contributed by atoms with van der Waals surface area (Å²) >= 11 is 0. The minimum Gasteiger partial charge on any atom is -0.348 e. The molecule has 0 saturated heterocycles. The first-order chi connectivity index (χ1) is 13.7. The highest BCUT2D eigenvalue weighted by Gasteiger charge is 2.23. The Morgan fingerprint density at radius 3 is 2.36 bits per heavy atom. The molecule has 2 aromatic carbocycles. The summed E-state index contributed by atoms with van der Waals surface area (Å²) < 4.78 is 1.84. The van der Waals surface area contributed by atoms with Gasteiger partial charge < -0.3 is 5.32 Å². The molecule has 4 rings (SSSR count). The highest BCUT2D eigenvalue weighted by atomic mass is 16.1. The van der Waals surface area contributed by atoms with Crippen LogP contribution in [0.3, 0.4) is 0 Å². The summed E-state index contributed by atoms with van der Waals surface area (Å²) in [5, 5.41) is 7.68. The van der Waals surface area contributed by atoms with Crippen LogP contribution in [0.1, 0.15) is 21.6 Å². The van der Waals surface area contributed by atoms with Crippen LogP contribution in [0.5, 0.6) is 0 Å². The van der Waals surface area contributed by atoms with E-state index >= 15 is 0 Å². The van der Waals surface area contributed by atoms with Crippen LogP contribution in [0, 0.1) is 6.92 Å². The number of benzene rings is 2. The van der Waals surface area contributed by atoms with E-state index in [0.717, 1.165) is 22.5 Å². The Morgan fingerprint density at radius 2 is 1.68 bits per heavy atom. The molecule has 138 valence electrons. The van der Waals surface area contributed by atoms with Gasteiger partial charge in [0.05, 0.1) is 22.6 Å². The number of hydrogen-bond donors (Lipinski definition) is 1. The van der Waals surface area contributed by atoms with Crippen molar-refractivity contribution in [1.29, 1.82) is 0 Å². The van der Waals surface area contributed by atoms with Gasteiger partial charge in [-0.3, -0.25) is 9.78 Å². The van der Waals surface area contributed by atoms with Crippen molar-refractivity contribution in [2.45, 2.75) is 13.5 Å². The Hall–Kier alpha value is -3.73. The average molecular weight is 368 g/mol. The van der Waals surface area contributed by atoms with Gasteiger partial charge in [0.25, 0.3) is 5.91 Å². The second-order valence-corrected chi connectivity index (χ2v) is 6.47. The third-order valence-corrected chi connectivity index (χ3v) is 4.51. The van der Waals surface area contributed by atoms with Crippen LogP contribution >= 0.6 is 0 Å². The lowest BCUT2D eigenvalue weighted by Gasteiger charge is -2.11. The molecule has 0 unspecified atom stereocenters. The van der Waals surface area contributed by atoms with Crippen molar-refractivity contribution in [2.75, 3.05) is 0 Å². The lowest BCUT2D eigenvalue weighted by Crippen LogP contribution is -2.24. The van der Waals surface area contributed by atoms with Crippen LogP contribution in [-0.2, 0) is 6.54 Å². The first-order valence-corrected chi connectivity index (χ1v) is 9.11. The molecule has 0 bridgehead atoms. The highest BCUT2D eigenvalue weighted by Crippen LogP contribution is 2.29. The molecule has 5 nitrogen and oxygen atoms in total. The van der Waals surface area contributed by atoms with Crippen LogP contribution in [0.15, 0.2) is 85.2 Å². The van der Waals surface area contributed by atoms with E-state index in [1.54, 1.807) is 12.4 Å². The average Bonchev–Trinajstić information content (AvgIpc) is 3.11. The maximum Gasteiger partial charge on any atom is 0.255 e. The molecule has 0 atom stereocenters. The van der Waals surface area contributed by atoms with Crippen molar-refractivity contribution in [3.63, 3.8) is 0 Å². The van der Waals surface area contributed by atoms with Crippen molar-refractivity contribution in [3.05, 3.63) is 102 Å². The second kappa shape index (κ2) is 7.88. The quantitative estimate of drug-likeness (QED) is 0.575. The van der Waals surface area contributed by atoms with Gasteiger partial charge in [-0.2, -0.15) is 5.10 Å². The minimum absolute atomic E-state index is 0.151. The normalized spacial score (nSPS) is 10.6. The number of nitrogens with one attached hydrogen (secondary N) is 1. The summed E-state index contributed by atoms with van der Waals surface area (Å²) in [4.78, 5) is 17.2. The number of para-hydroxylation sites is 1. The first-order valence-electron chi connectivity index (χ1n) is 9.11. The fraction of sp³-hybridized carbons (Fsp3) is 0.0870. The molecule has 0 radical (unpaired) electrons. The van der Waals surface area contributed by atoms with Crippen molar-refractivity contribution >= 4 is 5.91 Å². The summed E-state index contributed by atoms with van der Waals surface area (Å²) in [6, 6.07) is 23.5. The van der Waals surface area contributed by atoms with Crippen molar-refractivity contribution in [1.82, 2.24) is 20.1 Å². The third kappa shape index (κ3) is 3.55. The second-order valence-electron chi connectivity index (χ2n) is 6.47. The maximum atomic E-state index is 13.1. The molecule has 0 aliphatic rings. The van der Waals surface area contributed by atoms with Crippen molar-refractivity contribution in [3.8, 4) is 16.9 Å². The van der Waals surface area contributed by atoms with Gasteiger partial charge in [-0.05, 0) is 30.7 Å². The van der Waals surface area contributed by atoms with E-state index < -0.39 is 0 Å². The number of rotatable bonds is 5. The Labute approximate surface area is 163 Å². The molecule has 0 spiro atoms. The smallest absolute Gasteiger partial charge is 0.255 e. The summed E-state index contributed by atoms with van der Waals surface area (Å²) in [6.07, 6.45) is 3.46. The first kappa shape index (κ1) is 17.7. The molecule has 28 heavy (non-hydrogen) atoms. The molecule has 2 aromatic heterocycles. The summed E-state index contributed by atoms with van der Waals surface area (Å²) in [7, 11) is 0. The maximum absolute atomic E-state index is 13.1. The molecular formula is C23H20N4O. The standard InChI is InChI=1S/C23H20N4O/c1-17-21(23(28)25-16-18-9-8-14-24-15-18)22(19-10-4-2-5-11-19)27(26-17)20-12-6-3-7-13-20/h2-15H,16H2,1H3,(H,25,28). The predicted octanol–water partition coefficient (Wildman–Crippen LogP) is 4.17. The molecular weight excluding hydrogens is 348 g/mol. The number of hydrogen-bond acceptors (Lipinski definition) is 3. The van der Waals surface area contributed by atoms with Crippen molar-refractivity contribution < 1.29 is 4.79 Å². The fourth-order valence-corrected chi connectivity index (χ4v) is 3.19. The molecule has 4 aromatic rings. The Balaban J connectivity index is 1.76. The highest BCUT2D eigenvalue weighted by molar-refractivity contribution is 6.01. The summed E-state index contributed by atoms with van der Waals surface area (Å²) in [5.74, 6) is -0.151. The summed E-state index contributed by atoms with van der Waals surface area (Å²) in [5.41, 5.74) is 4.86. The van der Waals surface area contributed by atoms with Gasteiger partial charge in [-0.15, -0.1) is 0 Å². The van der Waals surface area contributed by atoms with Crippen molar-refractivity contribution in [2.24, 2.45) is 0 Å². The molecule has 0 saturated carbocycles. The van der Waals surface area contributed by atoms with Crippen LogP contribution in [0.25, 0.3) is 16.9 Å². The lowest BCUT2D eigenvalue weighted by atomic mass is 10.0. The number of carbonyl (C=O) groups is 1. The van der Waals surface area contributed by atoms with E-state index in [0.29, 0.717) is 17.8 Å². The minimum atomic E-state index is -0.151. The van der Waals surface area contributed by atoms with Gasteiger partial charge in [0.15, 0.2) is 0 Å². The van der Waals surface area contributed by atoms with Crippen LogP contribution in [0.4, 0.5) is 0 Å². The van der Waals surface area contributed by atoms with E-state index in [4.69, 9.17) is 0 Å². The van der Waals surface area contributed by atoms with E-state index in [-0.39, 0.29) is 5.91 Å². The SMILES string of the molecule is Cc1nn(-c2ccccc2)c(-c2ccccc2)c1C(=O)NCc1cccnc1. The molecule has 0 aliphatic carbocycles. The van der Waals surface area contributed by atoms with E-state index in [1.807, 2.05) is 84.4 Å². The van der Waals surface area contributed by atoms with E-state index in [1.165, 1.54) is 0 Å². The van der Waals surface area contributed by atoms with Gasteiger partial charge >= 0.3 is 0 Å². The molecule has 1 amide bonds. The Kier molecular flexibility index (Phi) is 4.97. The molecule has 1 N–H and O–H groups in total. The summed E-state index contributed by atoms with van der Waals surface area (Å²) in [6.45, 7) is 2.28. The largest absolute Gasteiger partial charge is 0.348 e. The molecule has 0 aliphatic heterocycles. The number of carbonyl (C=O) groups excluding carboxylic acids is 1. The number of pyridine rings is 1. The number of amides is 1. The van der Waals surface area contributed by atoms with Crippen LogP contribution in [0.2, 0.25) is 0 Å². The molecule has 0 fully saturated rings. The van der Waals surface area contributed by atoms with Crippen LogP contribution in [-0.4, -0.2) is 20.7 Å². The van der Waals surface area contributed by atoms with Gasteiger partial charge in [0.2, 0.25) is 0 Å². The zero-order valence-electron chi connectivity index (χ0n) is 15.5.